The Kier molecular flexibility index (Phi) is 7.69. The van der Waals surface area contributed by atoms with Gasteiger partial charge in [0.05, 0.1) is 18.9 Å². The summed E-state index contributed by atoms with van der Waals surface area (Å²) in [5.41, 5.74) is 8.93. The number of carbonyl (C=O) groups is 1. The maximum absolute atomic E-state index is 12.4. The first-order valence-corrected chi connectivity index (χ1v) is 11.8. The number of esters is 1. The summed E-state index contributed by atoms with van der Waals surface area (Å²) in [5, 5.41) is 9.89. The van der Waals surface area contributed by atoms with E-state index in [2.05, 4.69) is 13.0 Å². The Morgan fingerprint density at radius 1 is 1.03 bits per heavy atom. The van der Waals surface area contributed by atoms with Crippen molar-refractivity contribution in [3.8, 4) is 23.3 Å². The van der Waals surface area contributed by atoms with E-state index in [0.29, 0.717) is 29.4 Å². The molecule has 0 spiro atoms. The largest absolute Gasteiger partial charge is 0.493 e. The van der Waals surface area contributed by atoms with Crippen LogP contribution in [-0.4, -0.2) is 12.6 Å². The first-order chi connectivity index (χ1) is 17.1. The number of rotatable bonds is 9. The molecule has 1 atom stereocenters. The highest BCUT2D eigenvalue weighted by Gasteiger charge is 2.33. The van der Waals surface area contributed by atoms with E-state index in [1.807, 2.05) is 60.7 Å². The van der Waals surface area contributed by atoms with Gasteiger partial charge in [0.25, 0.3) is 0 Å². The summed E-state index contributed by atoms with van der Waals surface area (Å²) in [6.07, 6.45) is 3.31. The smallest absolute Gasteiger partial charge is 0.315 e. The number of hydrogen-bond donors (Lipinski definition) is 1. The molecule has 1 unspecified atom stereocenters. The topological polar surface area (TPSA) is 94.6 Å². The first-order valence-electron chi connectivity index (χ1n) is 11.8. The molecule has 1 aliphatic heterocycles. The maximum Gasteiger partial charge on any atom is 0.315 e. The zero-order valence-electron chi connectivity index (χ0n) is 19.7. The Labute approximate surface area is 205 Å². The number of allylic oxidation sites excluding steroid dienone is 1. The van der Waals surface area contributed by atoms with Crippen molar-refractivity contribution in [1.82, 2.24) is 0 Å². The summed E-state index contributed by atoms with van der Waals surface area (Å²) in [6, 6.07) is 24.4. The molecule has 4 rings (SSSR count). The second-order valence-corrected chi connectivity index (χ2v) is 8.35. The minimum absolute atomic E-state index is 0.0264. The van der Waals surface area contributed by atoms with Gasteiger partial charge in [0, 0.05) is 17.2 Å². The van der Waals surface area contributed by atoms with Crippen molar-refractivity contribution in [2.24, 2.45) is 5.73 Å². The number of nitrogens with zero attached hydrogens (tertiary/aromatic N) is 1. The molecular weight excluding hydrogens is 440 g/mol. The average molecular weight is 469 g/mol. The van der Waals surface area contributed by atoms with Crippen LogP contribution >= 0.6 is 0 Å². The van der Waals surface area contributed by atoms with E-state index < -0.39 is 5.92 Å². The second kappa shape index (κ2) is 11.3. The molecule has 1 heterocycles. The van der Waals surface area contributed by atoms with E-state index in [9.17, 15) is 10.1 Å². The zero-order valence-corrected chi connectivity index (χ0v) is 19.7. The summed E-state index contributed by atoms with van der Waals surface area (Å²) in [5.74, 6) is 0.688. The van der Waals surface area contributed by atoms with Crippen LogP contribution in [0.5, 0.6) is 17.2 Å². The summed E-state index contributed by atoms with van der Waals surface area (Å²) < 4.78 is 17.4. The van der Waals surface area contributed by atoms with Gasteiger partial charge in [-0.05, 0) is 24.1 Å². The average Bonchev–Trinajstić information content (AvgIpc) is 2.86. The molecule has 2 N–H and O–H groups in total. The van der Waals surface area contributed by atoms with Crippen LogP contribution in [0.2, 0.25) is 0 Å². The Hall–Kier alpha value is -4.24. The van der Waals surface area contributed by atoms with Crippen molar-refractivity contribution in [2.75, 3.05) is 6.61 Å². The molecule has 0 aliphatic carbocycles. The lowest BCUT2D eigenvalue weighted by Crippen LogP contribution is -2.21. The van der Waals surface area contributed by atoms with E-state index >= 15 is 0 Å². The lowest BCUT2D eigenvalue weighted by molar-refractivity contribution is -0.133. The van der Waals surface area contributed by atoms with Crippen LogP contribution in [0.15, 0.2) is 84.3 Å². The minimum atomic E-state index is -0.458. The molecule has 0 saturated heterocycles. The predicted octanol–water partition coefficient (Wildman–Crippen LogP) is 5.62. The number of benzene rings is 3. The Morgan fingerprint density at radius 2 is 1.80 bits per heavy atom. The number of ether oxygens (including phenoxy) is 3. The maximum atomic E-state index is 12.4. The fourth-order valence-electron chi connectivity index (χ4n) is 4.13. The molecule has 0 amide bonds. The van der Waals surface area contributed by atoms with Gasteiger partial charge < -0.3 is 19.9 Å². The molecule has 0 radical (unpaired) electrons. The molecule has 35 heavy (non-hydrogen) atoms. The Morgan fingerprint density at radius 3 is 2.57 bits per heavy atom. The van der Waals surface area contributed by atoms with Crippen molar-refractivity contribution in [3.63, 3.8) is 0 Å². The molecule has 178 valence electrons. The number of carbonyl (C=O) groups excluding carboxylic acids is 1. The van der Waals surface area contributed by atoms with Gasteiger partial charge in [-0.15, -0.1) is 0 Å². The molecule has 3 aromatic carbocycles. The summed E-state index contributed by atoms with van der Waals surface area (Å²) >= 11 is 0. The van der Waals surface area contributed by atoms with Gasteiger partial charge in [0.15, 0.2) is 0 Å². The normalized spacial score (nSPS) is 14.5. The molecular formula is C29H28N2O4. The van der Waals surface area contributed by atoms with Crippen molar-refractivity contribution in [3.05, 3.63) is 101 Å². The van der Waals surface area contributed by atoms with Crippen molar-refractivity contribution in [2.45, 2.75) is 38.5 Å². The Balaban J connectivity index is 1.61. The van der Waals surface area contributed by atoms with Crippen LogP contribution in [0, 0.1) is 11.3 Å². The number of para-hydroxylation sites is 1. The molecule has 6 nitrogen and oxygen atoms in total. The minimum Gasteiger partial charge on any atom is -0.493 e. The molecule has 0 bridgehead atoms. The van der Waals surface area contributed by atoms with E-state index in [1.54, 1.807) is 12.1 Å². The zero-order chi connectivity index (χ0) is 24.6. The van der Waals surface area contributed by atoms with Crippen LogP contribution in [-0.2, 0) is 11.2 Å². The number of fused-ring (bicyclic) bond motifs is 1. The van der Waals surface area contributed by atoms with Crippen molar-refractivity contribution in [1.29, 1.82) is 5.26 Å². The van der Waals surface area contributed by atoms with Gasteiger partial charge in [-0.2, -0.15) is 5.26 Å². The molecule has 0 saturated carbocycles. The van der Waals surface area contributed by atoms with Gasteiger partial charge >= 0.3 is 5.97 Å². The predicted molar refractivity (Wildman–Crippen MR) is 133 cm³/mol. The third-order valence-electron chi connectivity index (χ3n) is 5.85. The second-order valence-electron chi connectivity index (χ2n) is 8.35. The van der Waals surface area contributed by atoms with Crippen molar-refractivity contribution < 1.29 is 19.0 Å². The number of hydrogen-bond acceptors (Lipinski definition) is 6. The number of unbranched alkanes of at least 4 members (excludes halogenated alkanes) is 2. The molecule has 0 fully saturated rings. The van der Waals surface area contributed by atoms with Crippen LogP contribution in [0.3, 0.4) is 0 Å². The van der Waals surface area contributed by atoms with Crippen molar-refractivity contribution >= 4 is 5.97 Å². The fraction of sp³-hybridized carbons (Fsp3) is 0.241. The van der Waals surface area contributed by atoms with Gasteiger partial charge in [0.2, 0.25) is 5.88 Å². The lowest BCUT2D eigenvalue weighted by Gasteiger charge is -2.28. The van der Waals surface area contributed by atoms with Crippen LogP contribution in [0.4, 0.5) is 0 Å². The third-order valence-corrected chi connectivity index (χ3v) is 5.85. The highest BCUT2D eigenvalue weighted by atomic mass is 16.5. The highest BCUT2D eigenvalue weighted by molar-refractivity contribution is 5.75. The van der Waals surface area contributed by atoms with E-state index in [0.717, 1.165) is 36.0 Å². The van der Waals surface area contributed by atoms with Gasteiger partial charge in [-0.3, -0.25) is 4.79 Å². The summed E-state index contributed by atoms with van der Waals surface area (Å²) in [7, 11) is 0. The molecule has 3 aromatic rings. The first kappa shape index (κ1) is 23.9. The molecule has 0 aromatic heterocycles. The van der Waals surface area contributed by atoms with Gasteiger partial charge in [-0.25, -0.2) is 0 Å². The quantitative estimate of drug-likeness (QED) is 0.249. The van der Waals surface area contributed by atoms with Gasteiger partial charge in [0.1, 0.15) is 28.9 Å². The van der Waals surface area contributed by atoms with Crippen LogP contribution < -0.4 is 19.9 Å². The monoisotopic (exact) mass is 468 g/mol. The SMILES string of the molecule is CCCCCOc1ccccc1C1C(C#N)=C(N)Oc2cc(OC(=O)Cc3ccccc3)ccc21. The van der Waals surface area contributed by atoms with E-state index in [4.69, 9.17) is 19.9 Å². The summed E-state index contributed by atoms with van der Waals surface area (Å²) in [6.45, 7) is 2.74. The van der Waals surface area contributed by atoms with Gasteiger partial charge in [-0.1, -0.05) is 74.4 Å². The highest BCUT2D eigenvalue weighted by Crippen LogP contribution is 2.45. The number of nitriles is 1. The third kappa shape index (κ3) is 5.64. The molecule has 6 heteroatoms. The lowest BCUT2D eigenvalue weighted by atomic mass is 9.83. The summed E-state index contributed by atoms with van der Waals surface area (Å²) in [4.78, 5) is 12.4. The van der Waals surface area contributed by atoms with Crippen LogP contribution in [0.1, 0.15) is 48.8 Å². The van der Waals surface area contributed by atoms with E-state index in [-0.39, 0.29) is 18.3 Å². The van der Waals surface area contributed by atoms with Crippen LogP contribution in [0.25, 0.3) is 0 Å². The molecule has 1 aliphatic rings. The standard InChI is InChI=1S/C29H28N2O4/c1-2-3-9-16-33-25-13-8-7-12-22(25)28-23-15-14-21(18-26(23)35-29(31)24(28)19-30)34-27(32)17-20-10-5-4-6-11-20/h4-8,10-15,18,28H,2-3,9,16-17,31H2,1H3. The number of nitrogens with two attached hydrogens (primary N) is 1. The fourth-order valence-corrected chi connectivity index (χ4v) is 4.13. The van der Waals surface area contributed by atoms with E-state index in [1.165, 1.54) is 0 Å². The Bertz CT molecular complexity index is 1260.